The van der Waals surface area contributed by atoms with Gasteiger partial charge in [-0.05, 0) is 23.8 Å². The van der Waals surface area contributed by atoms with Crippen LogP contribution >= 0.6 is 0 Å². The van der Waals surface area contributed by atoms with Crippen molar-refractivity contribution in [2.75, 3.05) is 11.5 Å². The molecule has 1 heterocycles. The minimum atomic E-state index is -3.10. The second-order valence-corrected chi connectivity index (χ2v) is 5.69. The first-order valence-electron chi connectivity index (χ1n) is 5.30. The third-order valence-electron chi connectivity index (χ3n) is 1.98. The number of hydrogen-bond acceptors (Lipinski definition) is 3. The standard InChI is InChI=1S/C9H9NO2S.C3H8.H2/c10-8-3-4-9-7(6-8)2-1-5-13(9,11)12;1-3-2;/h1-4,6H,5,10H2;3H2,1-2H3;1H. The Morgan fingerprint density at radius 2 is 2.00 bits per heavy atom. The van der Waals surface area contributed by atoms with Gasteiger partial charge in [0.25, 0.3) is 0 Å². The second-order valence-electron chi connectivity index (χ2n) is 3.69. The van der Waals surface area contributed by atoms with Gasteiger partial charge < -0.3 is 5.73 Å². The Kier molecular flexibility index (Phi) is 4.12. The molecule has 0 aliphatic carbocycles. The third-order valence-corrected chi connectivity index (χ3v) is 3.66. The Morgan fingerprint density at radius 3 is 2.62 bits per heavy atom. The van der Waals surface area contributed by atoms with Gasteiger partial charge in [0.2, 0.25) is 0 Å². The van der Waals surface area contributed by atoms with E-state index in [9.17, 15) is 8.42 Å². The monoisotopic (exact) mass is 241 g/mol. The second kappa shape index (κ2) is 5.16. The molecule has 16 heavy (non-hydrogen) atoms. The summed E-state index contributed by atoms with van der Waals surface area (Å²) in [4.78, 5) is 0.379. The van der Waals surface area contributed by atoms with E-state index in [0.29, 0.717) is 16.1 Å². The van der Waals surface area contributed by atoms with E-state index in [4.69, 9.17) is 5.73 Å². The molecule has 0 spiro atoms. The lowest BCUT2D eigenvalue weighted by Crippen LogP contribution is -2.10. The molecule has 1 aliphatic heterocycles. The Hall–Kier alpha value is -1.29. The molecule has 4 heteroatoms. The Labute approximate surface area is 98.4 Å². The van der Waals surface area contributed by atoms with Crippen LogP contribution in [-0.4, -0.2) is 14.2 Å². The molecule has 90 valence electrons. The summed E-state index contributed by atoms with van der Waals surface area (Å²) >= 11 is 0. The van der Waals surface area contributed by atoms with Gasteiger partial charge in [-0.15, -0.1) is 0 Å². The number of fused-ring (bicyclic) bond motifs is 1. The van der Waals surface area contributed by atoms with Gasteiger partial charge in [-0.2, -0.15) is 0 Å². The Bertz CT molecular complexity index is 495. The van der Waals surface area contributed by atoms with Gasteiger partial charge in [-0.1, -0.05) is 32.4 Å². The van der Waals surface area contributed by atoms with Gasteiger partial charge in [0, 0.05) is 7.11 Å². The smallest absolute Gasteiger partial charge is 0.182 e. The molecule has 0 saturated heterocycles. The van der Waals surface area contributed by atoms with Crippen molar-refractivity contribution in [3.05, 3.63) is 29.8 Å². The molecular formula is C12H19NO2S. The van der Waals surface area contributed by atoms with E-state index in [2.05, 4.69) is 13.8 Å². The summed E-state index contributed by atoms with van der Waals surface area (Å²) in [6.07, 6.45) is 4.67. The number of sulfone groups is 1. The summed E-state index contributed by atoms with van der Waals surface area (Å²) in [6.45, 7) is 4.25. The number of nitrogens with two attached hydrogens (primary N) is 1. The molecule has 0 atom stereocenters. The van der Waals surface area contributed by atoms with Crippen LogP contribution in [0, 0.1) is 0 Å². The molecule has 1 aromatic rings. The quantitative estimate of drug-likeness (QED) is 0.710. The molecule has 0 radical (unpaired) electrons. The maximum atomic E-state index is 11.5. The lowest BCUT2D eigenvalue weighted by molar-refractivity contribution is 0.598. The van der Waals surface area contributed by atoms with E-state index in [-0.39, 0.29) is 7.18 Å². The zero-order valence-electron chi connectivity index (χ0n) is 9.60. The summed E-state index contributed by atoms with van der Waals surface area (Å²) in [5, 5.41) is 0. The van der Waals surface area contributed by atoms with Crippen LogP contribution in [0.5, 0.6) is 0 Å². The van der Waals surface area contributed by atoms with E-state index in [1.54, 1.807) is 30.4 Å². The molecule has 2 rings (SSSR count). The van der Waals surface area contributed by atoms with Crippen LogP contribution in [0.25, 0.3) is 6.08 Å². The average Bonchev–Trinajstić information content (AvgIpc) is 2.17. The number of hydrogen-bond donors (Lipinski definition) is 1. The van der Waals surface area contributed by atoms with E-state index < -0.39 is 9.84 Å². The van der Waals surface area contributed by atoms with Crippen molar-refractivity contribution < 1.29 is 9.84 Å². The van der Waals surface area contributed by atoms with Gasteiger partial charge >= 0.3 is 0 Å². The van der Waals surface area contributed by atoms with Crippen molar-refractivity contribution in [2.24, 2.45) is 0 Å². The Balaban J connectivity index is 0.000000583. The fourth-order valence-corrected chi connectivity index (χ4v) is 2.66. The molecule has 3 nitrogen and oxygen atoms in total. The van der Waals surface area contributed by atoms with Gasteiger partial charge in [0.1, 0.15) is 0 Å². The van der Waals surface area contributed by atoms with E-state index in [1.807, 2.05) is 0 Å². The van der Waals surface area contributed by atoms with Crippen molar-refractivity contribution >= 4 is 21.6 Å². The molecular weight excluding hydrogens is 222 g/mol. The highest BCUT2D eigenvalue weighted by Crippen LogP contribution is 2.24. The predicted molar refractivity (Wildman–Crippen MR) is 70.0 cm³/mol. The highest BCUT2D eigenvalue weighted by atomic mass is 32.2. The Morgan fingerprint density at radius 1 is 1.38 bits per heavy atom. The minimum absolute atomic E-state index is 0. The molecule has 0 aromatic heterocycles. The van der Waals surface area contributed by atoms with Crippen molar-refractivity contribution in [2.45, 2.75) is 25.2 Å². The summed E-state index contributed by atoms with van der Waals surface area (Å²) in [5.74, 6) is 0.0872. The summed E-state index contributed by atoms with van der Waals surface area (Å²) in [7, 11) is -3.10. The summed E-state index contributed by atoms with van der Waals surface area (Å²) < 4.78 is 23.0. The predicted octanol–water partition coefficient (Wildman–Crippen LogP) is 2.73. The first-order valence-corrected chi connectivity index (χ1v) is 6.95. The van der Waals surface area contributed by atoms with Crippen LogP contribution in [0.3, 0.4) is 0 Å². The van der Waals surface area contributed by atoms with Crippen LogP contribution in [0.1, 0.15) is 27.3 Å². The maximum Gasteiger partial charge on any atom is 0.182 e. The van der Waals surface area contributed by atoms with Crippen LogP contribution < -0.4 is 5.73 Å². The molecule has 1 aliphatic rings. The number of anilines is 1. The highest BCUT2D eigenvalue weighted by Gasteiger charge is 2.19. The van der Waals surface area contributed by atoms with Crippen molar-refractivity contribution in [1.82, 2.24) is 0 Å². The highest BCUT2D eigenvalue weighted by molar-refractivity contribution is 7.91. The van der Waals surface area contributed by atoms with Crippen LogP contribution in [-0.2, 0) is 9.84 Å². The lowest BCUT2D eigenvalue weighted by atomic mass is 10.2. The molecule has 2 N–H and O–H groups in total. The lowest BCUT2D eigenvalue weighted by Gasteiger charge is -2.10. The van der Waals surface area contributed by atoms with E-state index in [0.717, 1.165) is 0 Å². The molecule has 0 bridgehead atoms. The SMILES string of the molecule is CCC.Nc1ccc2c(c1)C=CCS2(=O)=O.[HH]. The number of benzene rings is 1. The van der Waals surface area contributed by atoms with Crippen LogP contribution in [0.2, 0.25) is 0 Å². The van der Waals surface area contributed by atoms with Crippen LogP contribution in [0.15, 0.2) is 29.2 Å². The molecule has 0 fully saturated rings. The zero-order chi connectivity index (χ0) is 12.2. The van der Waals surface area contributed by atoms with Gasteiger partial charge in [0.15, 0.2) is 9.84 Å². The normalized spacial score (nSPS) is 15.9. The topological polar surface area (TPSA) is 60.2 Å². The van der Waals surface area contributed by atoms with E-state index in [1.165, 1.54) is 6.42 Å². The first-order chi connectivity index (χ1) is 7.51. The largest absolute Gasteiger partial charge is 0.399 e. The number of nitrogen functional groups attached to an aromatic ring is 1. The summed E-state index contributed by atoms with van der Waals surface area (Å²) in [6, 6.07) is 4.83. The minimum Gasteiger partial charge on any atom is -0.399 e. The number of rotatable bonds is 0. The molecule has 0 saturated carbocycles. The molecule has 0 unspecified atom stereocenters. The average molecular weight is 241 g/mol. The summed E-state index contributed by atoms with van der Waals surface area (Å²) in [5.41, 5.74) is 6.81. The fraction of sp³-hybridized carbons (Fsp3) is 0.333. The third kappa shape index (κ3) is 2.85. The fourth-order valence-electron chi connectivity index (χ4n) is 1.37. The van der Waals surface area contributed by atoms with Crippen molar-refractivity contribution in [3.8, 4) is 0 Å². The van der Waals surface area contributed by atoms with Gasteiger partial charge in [-0.25, -0.2) is 8.42 Å². The molecule has 0 amide bonds. The zero-order valence-corrected chi connectivity index (χ0v) is 10.4. The van der Waals surface area contributed by atoms with Crippen molar-refractivity contribution in [1.29, 1.82) is 0 Å². The maximum absolute atomic E-state index is 11.5. The van der Waals surface area contributed by atoms with Gasteiger partial charge in [0.05, 0.1) is 10.6 Å². The van der Waals surface area contributed by atoms with E-state index >= 15 is 0 Å². The van der Waals surface area contributed by atoms with Crippen LogP contribution in [0.4, 0.5) is 5.69 Å². The molecule has 1 aromatic carbocycles. The first kappa shape index (κ1) is 12.8. The van der Waals surface area contributed by atoms with Crippen molar-refractivity contribution in [3.63, 3.8) is 0 Å². The van der Waals surface area contributed by atoms with Gasteiger partial charge in [-0.3, -0.25) is 0 Å².